The van der Waals surface area contributed by atoms with E-state index in [2.05, 4.69) is 4.98 Å². The summed E-state index contributed by atoms with van der Waals surface area (Å²) in [5, 5.41) is 0.100. The zero-order valence-electron chi connectivity index (χ0n) is 21.9. The Hall–Kier alpha value is -3.50. The fraction of sp³-hybridized carbons (Fsp3) is 0.522. The Morgan fingerprint density at radius 2 is 1.51 bits per heavy atom. The topological polar surface area (TPSA) is 192 Å². The first-order valence-electron chi connectivity index (χ1n) is 11.5. The summed E-state index contributed by atoms with van der Waals surface area (Å²) in [6.07, 6.45) is -5.28. The number of hydrogen-bond donors (Lipinski definition) is 1. The molecular weight excluding hydrogens is 558 g/mol. The van der Waals surface area contributed by atoms with Crippen LogP contribution in [-0.2, 0) is 42.9 Å². The number of Topliss-reactive ketones (excluding diaryl/α,β-unsaturated/α-hetero) is 1. The molecule has 3 heterocycles. The van der Waals surface area contributed by atoms with E-state index in [0.717, 1.165) is 55.5 Å². The molecule has 39 heavy (non-hydrogen) atoms. The van der Waals surface area contributed by atoms with Crippen molar-refractivity contribution in [3.8, 4) is 0 Å². The van der Waals surface area contributed by atoms with Crippen molar-refractivity contribution in [2.24, 2.45) is 0 Å². The predicted octanol–water partition coefficient (Wildman–Crippen LogP) is 0.858. The van der Waals surface area contributed by atoms with Gasteiger partial charge in [-0.25, -0.2) is 9.66 Å². The van der Waals surface area contributed by atoms with Crippen molar-refractivity contribution in [2.45, 2.75) is 76.6 Å². The predicted molar refractivity (Wildman–Crippen MR) is 137 cm³/mol. The van der Waals surface area contributed by atoms with E-state index in [1.54, 1.807) is 6.92 Å². The van der Waals surface area contributed by atoms with E-state index < -0.39 is 65.9 Å². The van der Waals surface area contributed by atoms with Gasteiger partial charge < -0.3 is 29.5 Å². The van der Waals surface area contributed by atoms with E-state index in [1.807, 2.05) is 0 Å². The van der Waals surface area contributed by atoms with Gasteiger partial charge in [-0.3, -0.25) is 28.8 Å². The van der Waals surface area contributed by atoms with Gasteiger partial charge in [0.2, 0.25) is 0 Å². The molecule has 2 aromatic rings. The first kappa shape index (κ1) is 30.0. The van der Waals surface area contributed by atoms with E-state index in [1.165, 1.54) is 6.92 Å². The molecule has 5 atom stereocenters. The van der Waals surface area contributed by atoms with Crippen LogP contribution in [0.4, 0.5) is 0 Å². The summed E-state index contributed by atoms with van der Waals surface area (Å²) in [7, 11) is 0. The number of thiophene rings is 1. The number of nitrogen functional groups attached to an aromatic ring is 1. The molecule has 2 aromatic heterocycles. The molecule has 0 bridgehead atoms. The van der Waals surface area contributed by atoms with Crippen molar-refractivity contribution < 1.29 is 47.7 Å². The average Bonchev–Trinajstić information content (AvgIpc) is 3.15. The van der Waals surface area contributed by atoms with E-state index in [0.29, 0.717) is 10.4 Å². The minimum absolute atomic E-state index is 0.0789. The van der Waals surface area contributed by atoms with Crippen LogP contribution in [0, 0.1) is 6.92 Å². The zero-order valence-corrected chi connectivity index (χ0v) is 23.5. The lowest BCUT2D eigenvalue weighted by atomic mass is 9.99. The standard InChI is InChI=1S/C23H27N3O11S2/c1-8-15-20(38-19(8)9(2)27)25-23(26(24)21(15)32)39-22-18(36-13(6)31)17(35-12(5)30)16(34-11(4)29)14(37-22)7-33-10(3)28/h14,16-18,22H,7,24H2,1-6H3/t14-,16+,17+,18-,22+/m1/s1. The maximum atomic E-state index is 13.1. The van der Waals surface area contributed by atoms with Gasteiger partial charge in [0.05, 0.1) is 10.3 Å². The third-order valence-corrected chi connectivity index (χ3v) is 7.85. The molecule has 2 N–H and O–H groups in total. The lowest BCUT2D eigenvalue weighted by Crippen LogP contribution is -2.61. The highest BCUT2D eigenvalue weighted by Gasteiger charge is 2.52. The van der Waals surface area contributed by atoms with Gasteiger partial charge in [-0.1, -0.05) is 11.8 Å². The number of esters is 4. The van der Waals surface area contributed by atoms with Crippen LogP contribution in [0.5, 0.6) is 0 Å². The molecule has 0 saturated carbocycles. The molecule has 1 aliphatic rings. The largest absolute Gasteiger partial charge is 0.463 e. The lowest BCUT2D eigenvalue weighted by molar-refractivity contribution is -0.237. The molecule has 1 aliphatic heterocycles. The van der Waals surface area contributed by atoms with Gasteiger partial charge in [-0.2, -0.15) is 0 Å². The first-order chi connectivity index (χ1) is 18.2. The van der Waals surface area contributed by atoms with Crippen LogP contribution >= 0.6 is 23.1 Å². The summed E-state index contributed by atoms with van der Waals surface area (Å²) in [5.74, 6) is 2.83. The second-order valence-corrected chi connectivity index (χ2v) is 10.6. The fourth-order valence-electron chi connectivity index (χ4n) is 3.98. The number of carbonyl (C=O) groups excluding carboxylic acids is 5. The number of nitrogens with zero attached hydrogens (tertiary/aromatic N) is 2. The molecule has 0 aliphatic carbocycles. The first-order valence-corrected chi connectivity index (χ1v) is 13.2. The Bertz CT molecular complexity index is 1390. The second kappa shape index (κ2) is 12.1. The molecule has 0 aromatic carbocycles. The van der Waals surface area contributed by atoms with Gasteiger partial charge in [0.1, 0.15) is 17.5 Å². The molecule has 1 saturated heterocycles. The number of carbonyl (C=O) groups is 5. The van der Waals surface area contributed by atoms with Crippen molar-refractivity contribution >= 4 is 63.0 Å². The highest BCUT2D eigenvalue weighted by Crippen LogP contribution is 2.38. The lowest BCUT2D eigenvalue weighted by Gasteiger charge is -2.44. The number of aromatic nitrogens is 2. The quantitative estimate of drug-likeness (QED) is 0.151. The molecule has 0 unspecified atom stereocenters. The van der Waals surface area contributed by atoms with Crippen LogP contribution in [0.1, 0.15) is 49.9 Å². The number of nitrogens with two attached hydrogens (primary N) is 1. The van der Waals surface area contributed by atoms with Gasteiger partial charge in [-0.15, -0.1) is 11.3 Å². The Morgan fingerprint density at radius 1 is 0.949 bits per heavy atom. The monoisotopic (exact) mass is 585 g/mol. The highest BCUT2D eigenvalue weighted by atomic mass is 32.2. The highest BCUT2D eigenvalue weighted by molar-refractivity contribution is 7.99. The molecule has 16 heteroatoms. The fourth-order valence-corrected chi connectivity index (χ4v) is 6.20. The van der Waals surface area contributed by atoms with Gasteiger partial charge in [0.25, 0.3) is 5.56 Å². The van der Waals surface area contributed by atoms with Crippen molar-refractivity contribution in [1.29, 1.82) is 0 Å². The number of hydrogen-bond acceptors (Lipinski definition) is 15. The molecule has 14 nitrogen and oxygen atoms in total. The molecule has 3 rings (SSSR count). The summed E-state index contributed by atoms with van der Waals surface area (Å²) < 4.78 is 28.0. The summed E-state index contributed by atoms with van der Waals surface area (Å²) in [6, 6.07) is 0. The summed E-state index contributed by atoms with van der Waals surface area (Å²) in [6.45, 7) is 7.05. The Labute approximate surface area is 230 Å². The average molecular weight is 586 g/mol. The second-order valence-electron chi connectivity index (χ2n) is 8.55. The van der Waals surface area contributed by atoms with E-state index in [-0.39, 0.29) is 21.2 Å². The summed E-state index contributed by atoms with van der Waals surface area (Å²) >= 11 is 1.78. The number of rotatable bonds is 8. The number of ether oxygens (including phenoxy) is 5. The van der Waals surface area contributed by atoms with Crippen molar-refractivity contribution in [3.63, 3.8) is 0 Å². The summed E-state index contributed by atoms with van der Waals surface area (Å²) in [5.41, 5.74) is -1.42. The Balaban J connectivity index is 2.12. The Morgan fingerprint density at radius 3 is 2.05 bits per heavy atom. The van der Waals surface area contributed by atoms with Crippen molar-refractivity contribution in [1.82, 2.24) is 9.66 Å². The van der Waals surface area contributed by atoms with Crippen LogP contribution in [-0.4, -0.2) is 75.8 Å². The maximum absolute atomic E-state index is 13.1. The summed E-state index contributed by atoms with van der Waals surface area (Å²) in [4.78, 5) is 77.6. The number of thioether (sulfide) groups is 1. The zero-order chi connectivity index (χ0) is 29.2. The van der Waals surface area contributed by atoms with E-state index in [9.17, 15) is 28.8 Å². The van der Waals surface area contributed by atoms with E-state index in [4.69, 9.17) is 29.5 Å². The van der Waals surface area contributed by atoms with E-state index >= 15 is 0 Å². The van der Waals surface area contributed by atoms with Crippen LogP contribution in [0.3, 0.4) is 0 Å². The molecule has 0 spiro atoms. The molecule has 0 radical (unpaired) electrons. The smallest absolute Gasteiger partial charge is 0.303 e. The van der Waals surface area contributed by atoms with Crippen LogP contribution in [0.25, 0.3) is 10.2 Å². The Kier molecular flexibility index (Phi) is 9.34. The normalized spacial score (nSPS) is 22.7. The maximum Gasteiger partial charge on any atom is 0.303 e. The number of ketones is 1. The third kappa shape index (κ3) is 6.75. The molecule has 0 amide bonds. The molecule has 1 fully saturated rings. The SMILES string of the molecule is CC(=O)OC[C@H]1O[C@@H](Sc2nc3sc(C(C)=O)c(C)c3c(=O)n2N)[C@H](OC(C)=O)[C@@H](OC(C)=O)[C@H]1OC(C)=O. The minimum atomic E-state index is -1.39. The van der Waals surface area contributed by atoms with Gasteiger partial charge in [0, 0.05) is 27.7 Å². The van der Waals surface area contributed by atoms with Gasteiger partial charge >= 0.3 is 23.9 Å². The molecule has 212 valence electrons. The number of fused-ring (bicyclic) bond motifs is 1. The van der Waals surface area contributed by atoms with Crippen molar-refractivity contribution in [2.75, 3.05) is 12.4 Å². The molecular formula is C23H27N3O11S2. The van der Waals surface area contributed by atoms with Crippen LogP contribution in [0.2, 0.25) is 0 Å². The van der Waals surface area contributed by atoms with Gasteiger partial charge in [-0.05, 0) is 19.4 Å². The van der Waals surface area contributed by atoms with Crippen molar-refractivity contribution in [3.05, 3.63) is 20.8 Å². The van der Waals surface area contributed by atoms with Gasteiger partial charge in [0.15, 0.2) is 34.7 Å². The number of aryl methyl sites for hydroxylation is 1. The third-order valence-electron chi connectivity index (χ3n) is 5.45. The minimum Gasteiger partial charge on any atom is -0.463 e. The van der Waals surface area contributed by atoms with Crippen LogP contribution < -0.4 is 11.4 Å². The van der Waals surface area contributed by atoms with Crippen LogP contribution in [0.15, 0.2) is 9.95 Å².